The van der Waals surface area contributed by atoms with Crippen LogP contribution in [0.1, 0.15) is 11.7 Å². The van der Waals surface area contributed by atoms with Crippen LogP contribution in [-0.2, 0) is 14.3 Å². The molecule has 3 nitrogen and oxygen atoms in total. The first-order valence-electron chi connectivity index (χ1n) is 5.21. The number of ether oxygens (including phenoxy) is 2. The van der Waals surface area contributed by atoms with Gasteiger partial charge in [-0.2, -0.15) is 0 Å². The average Bonchev–Trinajstić information content (AvgIpc) is 2.34. The minimum atomic E-state index is -0.249. The Labute approximate surface area is 94.7 Å². The second kappa shape index (κ2) is 4.94. The van der Waals surface area contributed by atoms with E-state index in [0.29, 0.717) is 0 Å². The van der Waals surface area contributed by atoms with Gasteiger partial charge in [-0.25, -0.2) is 0 Å². The number of hydrogen-bond acceptors (Lipinski definition) is 3. The van der Waals surface area contributed by atoms with Crippen LogP contribution < -0.4 is 0 Å². The molecule has 0 radical (unpaired) electrons. The predicted octanol–water partition coefficient (Wildman–Crippen LogP) is 2.10. The molecular weight excluding hydrogens is 204 g/mol. The Morgan fingerprint density at radius 1 is 1.38 bits per heavy atom. The molecule has 1 aromatic rings. The molecule has 1 aromatic carbocycles. The third-order valence-electron chi connectivity index (χ3n) is 2.69. The lowest BCUT2D eigenvalue weighted by atomic mass is 9.91. The van der Waals surface area contributed by atoms with Crippen molar-refractivity contribution in [2.75, 3.05) is 13.7 Å². The maximum absolute atomic E-state index is 11.7. The van der Waals surface area contributed by atoms with Crippen LogP contribution in [0.25, 0.3) is 0 Å². The first kappa shape index (κ1) is 10.9. The average molecular weight is 218 g/mol. The molecule has 0 saturated carbocycles. The van der Waals surface area contributed by atoms with Gasteiger partial charge in [0.2, 0.25) is 0 Å². The number of carbonyl (C=O) groups excluding carboxylic acids is 1. The number of carbonyl (C=O) groups is 1. The molecule has 0 fully saturated rings. The first-order chi connectivity index (χ1) is 7.83. The van der Waals surface area contributed by atoms with Crippen LogP contribution in [0.5, 0.6) is 0 Å². The first-order valence-corrected chi connectivity index (χ1v) is 5.21. The van der Waals surface area contributed by atoms with Gasteiger partial charge in [-0.15, -0.1) is 0 Å². The summed E-state index contributed by atoms with van der Waals surface area (Å²) >= 11 is 0. The molecule has 2 rings (SSSR count). The van der Waals surface area contributed by atoms with Crippen molar-refractivity contribution in [3.63, 3.8) is 0 Å². The fraction of sp³-hybridized carbons (Fsp3) is 0.308. The van der Waals surface area contributed by atoms with Crippen molar-refractivity contribution < 1.29 is 14.3 Å². The van der Waals surface area contributed by atoms with Gasteiger partial charge in [-0.05, 0) is 11.6 Å². The lowest BCUT2D eigenvalue weighted by molar-refractivity contribution is -0.129. The molecule has 2 atom stereocenters. The number of hydrogen-bond donors (Lipinski definition) is 0. The molecule has 0 amide bonds. The maximum atomic E-state index is 11.7. The van der Waals surface area contributed by atoms with Gasteiger partial charge >= 0.3 is 0 Å². The van der Waals surface area contributed by atoms with Crippen molar-refractivity contribution in [1.29, 1.82) is 0 Å². The van der Waals surface area contributed by atoms with E-state index >= 15 is 0 Å². The van der Waals surface area contributed by atoms with E-state index in [1.807, 2.05) is 30.3 Å². The normalized spacial score (nSPS) is 21.6. The van der Waals surface area contributed by atoms with Crippen LogP contribution in [0.3, 0.4) is 0 Å². The van der Waals surface area contributed by atoms with Crippen molar-refractivity contribution in [2.45, 2.75) is 6.10 Å². The molecule has 0 N–H and O–H groups in total. The highest BCUT2D eigenvalue weighted by Gasteiger charge is 2.29. The van der Waals surface area contributed by atoms with Crippen LogP contribution >= 0.6 is 0 Å². The Morgan fingerprint density at radius 3 is 2.75 bits per heavy atom. The van der Waals surface area contributed by atoms with Gasteiger partial charge in [0.1, 0.15) is 6.61 Å². The van der Waals surface area contributed by atoms with E-state index in [-0.39, 0.29) is 24.4 Å². The summed E-state index contributed by atoms with van der Waals surface area (Å²) in [5.41, 5.74) is 1.01. The number of rotatable bonds is 3. The van der Waals surface area contributed by atoms with Gasteiger partial charge in [0, 0.05) is 7.11 Å². The lowest BCUT2D eigenvalue weighted by Gasteiger charge is -2.24. The SMILES string of the molecule is CO[C@@H](c1ccccc1)[C@@H]1C=COCC1=O. The standard InChI is InChI=1S/C13H14O3/c1-15-13(10-5-3-2-4-6-10)11-7-8-16-9-12(11)14/h2-8,11,13H,9H2,1H3/t11-,13+/m1/s1. The van der Waals surface area contributed by atoms with Crippen LogP contribution in [0.15, 0.2) is 42.7 Å². The van der Waals surface area contributed by atoms with Crippen LogP contribution in [0.2, 0.25) is 0 Å². The third-order valence-corrected chi connectivity index (χ3v) is 2.69. The smallest absolute Gasteiger partial charge is 0.180 e. The van der Waals surface area contributed by atoms with Gasteiger partial charge in [0.15, 0.2) is 5.78 Å². The van der Waals surface area contributed by atoms with E-state index < -0.39 is 0 Å². The fourth-order valence-corrected chi connectivity index (χ4v) is 1.88. The van der Waals surface area contributed by atoms with Gasteiger partial charge in [-0.1, -0.05) is 30.3 Å². The van der Waals surface area contributed by atoms with Crippen molar-refractivity contribution in [3.8, 4) is 0 Å². The molecule has 0 unspecified atom stereocenters. The van der Waals surface area contributed by atoms with Gasteiger partial charge in [-0.3, -0.25) is 4.79 Å². The summed E-state index contributed by atoms with van der Waals surface area (Å²) in [6.07, 6.45) is 3.10. The molecule has 0 aliphatic carbocycles. The molecule has 3 heteroatoms. The van der Waals surface area contributed by atoms with E-state index in [4.69, 9.17) is 9.47 Å². The Morgan fingerprint density at radius 2 is 2.12 bits per heavy atom. The summed E-state index contributed by atoms with van der Waals surface area (Å²) in [6, 6.07) is 9.75. The largest absolute Gasteiger partial charge is 0.494 e. The molecule has 1 aliphatic rings. The van der Waals surface area contributed by atoms with Gasteiger partial charge in [0.05, 0.1) is 18.3 Å². The van der Waals surface area contributed by atoms with Crippen molar-refractivity contribution in [2.24, 2.45) is 5.92 Å². The Kier molecular flexibility index (Phi) is 3.37. The molecule has 0 bridgehead atoms. The molecule has 1 aliphatic heterocycles. The van der Waals surface area contributed by atoms with Gasteiger partial charge < -0.3 is 9.47 Å². The van der Waals surface area contributed by atoms with E-state index in [9.17, 15) is 4.79 Å². The highest BCUT2D eigenvalue weighted by atomic mass is 16.5. The van der Waals surface area contributed by atoms with E-state index in [1.54, 1.807) is 19.4 Å². The quantitative estimate of drug-likeness (QED) is 0.779. The Bertz CT molecular complexity index is 383. The summed E-state index contributed by atoms with van der Waals surface area (Å²) in [4.78, 5) is 11.7. The lowest BCUT2D eigenvalue weighted by Crippen LogP contribution is -2.27. The number of ketones is 1. The summed E-state index contributed by atoms with van der Waals surface area (Å²) < 4.78 is 10.4. The Balaban J connectivity index is 2.25. The maximum Gasteiger partial charge on any atom is 0.180 e. The summed E-state index contributed by atoms with van der Waals surface area (Å²) in [5, 5.41) is 0. The third kappa shape index (κ3) is 2.14. The topological polar surface area (TPSA) is 35.5 Å². The van der Waals surface area contributed by atoms with E-state index in [2.05, 4.69) is 0 Å². The van der Waals surface area contributed by atoms with Crippen LogP contribution in [-0.4, -0.2) is 19.5 Å². The van der Waals surface area contributed by atoms with E-state index in [1.165, 1.54) is 0 Å². The molecule has 0 aromatic heterocycles. The number of Topliss-reactive ketones (excluding diaryl/α,β-unsaturated/α-hetero) is 1. The predicted molar refractivity (Wildman–Crippen MR) is 59.8 cm³/mol. The highest BCUT2D eigenvalue weighted by Crippen LogP contribution is 2.28. The molecule has 0 spiro atoms. The molecular formula is C13H14O3. The van der Waals surface area contributed by atoms with Crippen molar-refractivity contribution in [3.05, 3.63) is 48.2 Å². The Hall–Kier alpha value is -1.61. The molecule has 16 heavy (non-hydrogen) atoms. The summed E-state index contributed by atoms with van der Waals surface area (Å²) in [5.74, 6) is -0.195. The molecule has 1 heterocycles. The van der Waals surface area contributed by atoms with Crippen molar-refractivity contribution in [1.82, 2.24) is 0 Å². The highest BCUT2D eigenvalue weighted by molar-refractivity contribution is 5.85. The van der Waals surface area contributed by atoms with Crippen LogP contribution in [0.4, 0.5) is 0 Å². The second-order valence-electron chi connectivity index (χ2n) is 3.70. The number of benzene rings is 1. The van der Waals surface area contributed by atoms with E-state index in [0.717, 1.165) is 5.56 Å². The van der Waals surface area contributed by atoms with Gasteiger partial charge in [0.25, 0.3) is 0 Å². The zero-order chi connectivity index (χ0) is 11.4. The minimum Gasteiger partial charge on any atom is -0.494 e. The summed E-state index contributed by atoms with van der Waals surface area (Å²) in [7, 11) is 1.62. The summed E-state index contributed by atoms with van der Waals surface area (Å²) in [6.45, 7) is 0.133. The van der Waals surface area contributed by atoms with Crippen LogP contribution in [0, 0.1) is 5.92 Å². The molecule has 84 valence electrons. The zero-order valence-corrected chi connectivity index (χ0v) is 9.13. The number of methoxy groups -OCH3 is 1. The minimum absolute atomic E-state index is 0.0539. The zero-order valence-electron chi connectivity index (χ0n) is 9.13. The van der Waals surface area contributed by atoms with Crippen molar-refractivity contribution >= 4 is 5.78 Å². The monoisotopic (exact) mass is 218 g/mol. The second-order valence-corrected chi connectivity index (χ2v) is 3.70. The fourth-order valence-electron chi connectivity index (χ4n) is 1.88. The molecule has 0 saturated heterocycles.